The van der Waals surface area contributed by atoms with Crippen molar-refractivity contribution in [3.05, 3.63) is 41.5 Å². The number of amides is 1. The summed E-state index contributed by atoms with van der Waals surface area (Å²) >= 11 is 0. The molecule has 2 aliphatic heterocycles. The van der Waals surface area contributed by atoms with E-state index in [0.717, 1.165) is 54.8 Å². The third kappa shape index (κ3) is 3.79. The quantitative estimate of drug-likeness (QED) is 0.548. The van der Waals surface area contributed by atoms with Gasteiger partial charge in [0.1, 0.15) is 12.4 Å². The molecule has 4 rings (SSSR count). The Kier molecular flexibility index (Phi) is 5.04. The van der Waals surface area contributed by atoms with Gasteiger partial charge in [0.25, 0.3) is 0 Å². The van der Waals surface area contributed by atoms with Crippen LogP contribution in [0.5, 0.6) is 0 Å². The van der Waals surface area contributed by atoms with Crippen LogP contribution in [0.25, 0.3) is 0 Å². The van der Waals surface area contributed by atoms with Crippen molar-refractivity contribution in [3.8, 4) is 0 Å². The first-order valence-electron chi connectivity index (χ1n) is 9.56. The number of aliphatic imine (C=N–C) groups is 1. The molecule has 1 atom stereocenters. The second-order valence-corrected chi connectivity index (χ2v) is 6.90. The van der Waals surface area contributed by atoms with Gasteiger partial charge in [0, 0.05) is 44.1 Å². The number of hydrogen-bond acceptors (Lipinski definition) is 4. The van der Waals surface area contributed by atoms with Crippen molar-refractivity contribution >= 4 is 17.6 Å². The molecule has 0 saturated heterocycles. The first-order valence-corrected chi connectivity index (χ1v) is 9.56. The number of aromatic nitrogens is 3. The zero-order valence-electron chi connectivity index (χ0n) is 15.5. The number of nitrogens with one attached hydrogen (secondary N) is 3. The summed E-state index contributed by atoms with van der Waals surface area (Å²) in [6.45, 7) is 4.92. The van der Waals surface area contributed by atoms with E-state index in [4.69, 9.17) is 0 Å². The first-order chi connectivity index (χ1) is 13.2. The average Bonchev–Trinajstić information content (AvgIpc) is 3.28. The summed E-state index contributed by atoms with van der Waals surface area (Å²) in [6.07, 6.45) is 2.60. The van der Waals surface area contributed by atoms with Gasteiger partial charge in [-0.1, -0.05) is 18.2 Å². The van der Waals surface area contributed by atoms with Crippen LogP contribution in [-0.4, -0.2) is 39.7 Å². The minimum atomic E-state index is 0.0569. The smallest absolute Gasteiger partial charge is 0.225 e. The van der Waals surface area contributed by atoms with E-state index in [2.05, 4.69) is 41.8 Å². The van der Waals surface area contributed by atoms with Gasteiger partial charge >= 0.3 is 0 Å². The molecule has 8 nitrogen and oxygen atoms in total. The molecule has 1 amide bonds. The van der Waals surface area contributed by atoms with E-state index in [1.165, 1.54) is 0 Å². The fourth-order valence-electron chi connectivity index (χ4n) is 3.72. The maximum absolute atomic E-state index is 12.0. The maximum atomic E-state index is 12.0. The molecule has 1 aromatic carbocycles. The van der Waals surface area contributed by atoms with E-state index in [-0.39, 0.29) is 11.8 Å². The molecular formula is C19H25N7O. The fourth-order valence-corrected chi connectivity index (χ4v) is 3.72. The lowest BCUT2D eigenvalue weighted by molar-refractivity contribution is -0.116. The zero-order valence-corrected chi connectivity index (χ0v) is 15.5. The summed E-state index contributed by atoms with van der Waals surface area (Å²) in [5, 5.41) is 18.1. The second kappa shape index (κ2) is 7.77. The fraction of sp³-hybridized carbons (Fsp3) is 0.474. The van der Waals surface area contributed by atoms with Gasteiger partial charge in [-0.3, -0.25) is 4.79 Å². The highest BCUT2D eigenvalue weighted by molar-refractivity contribution is 5.94. The zero-order chi connectivity index (χ0) is 18.6. The van der Waals surface area contributed by atoms with Crippen LogP contribution in [0.3, 0.4) is 0 Å². The van der Waals surface area contributed by atoms with Crippen LogP contribution in [0.2, 0.25) is 0 Å². The normalized spacial score (nSPS) is 18.6. The first kappa shape index (κ1) is 17.5. The molecule has 0 aliphatic carbocycles. The van der Waals surface area contributed by atoms with Crippen LogP contribution in [0, 0.1) is 0 Å². The molecule has 8 heteroatoms. The summed E-state index contributed by atoms with van der Waals surface area (Å²) < 4.78 is 2.16. The van der Waals surface area contributed by atoms with E-state index in [9.17, 15) is 4.79 Å². The average molecular weight is 367 g/mol. The van der Waals surface area contributed by atoms with E-state index < -0.39 is 0 Å². The molecule has 0 radical (unpaired) electrons. The molecule has 2 aromatic rings. The van der Waals surface area contributed by atoms with E-state index in [1.807, 2.05) is 25.1 Å². The number of fused-ring (bicyclic) bond motifs is 2. The molecule has 0 bridgehead atoms. The predicted octanol–water partition coefficient (Wildman–Crippen LogP) is 1.41. The highest BCUT2D eigenvalue weighted by atomic mass is 16.1. The van der Waals surface area contributed by atoms with Gasteiger partial charge in [-0.05, 0) is 25.0 Å². The summed E-state index contributed by atoms with van der Waals surface area (Å²) in [5.74, 6) is 2.87. The lowest BCUT2D eigenvalue weighted by Crippen LogP contribution is -2.40. The summed E-state index contributed by atoms with van der Waals surface area (Å²) in [5.41, 5.74) is 2.07. The van der Waals surface area contributed by atoms with Crippen molar-refractivity contribution in [1.29, 1.82) is 0 Å². The number of anilines is 1. The van der Waals surface area contributed by atoms with E-state index in [1.54, 1.807) is 0 Å². The van der Waals surface area contributed by atoms with Gasteiger partial charge < -0.3 is 20.5 Å². The molecule has 1 unspecified atom stereocenters. The number of carbonyl (C=O) groups excluding carboxylic acids is 1. The molecule has 1 aromatic heterocycles. The monoisotopic (exact) mass is 367 g/mol. The third-order valence-electron chi connectivity index (χ3n) is 5.03. The number of para-hydroxylation sites is 1. The minimum Gasteiger partial charge on any atom is -0.357 e. The molecule has 142 valence electrons. The lowest BCUT2D eigenvalue weighted by atomic mass is 9.90. The second-order valence-electron chi connectivity index (χ2n) is 6.90. The molecule has 0 spiro atoms. The Morgan fingerprint density at radius 1 is 1.33 bits per heavy atom. The number of hydrogen-bond donors (Lipinski definition) is 3. The number of aryl methyl sites for hydroxylation is 1. The Hall–Kier alpha value is -2.90. The van der Waals surface area contributed by atoms with Gasteiger partial charge in [0.05, 0.1) is 0 Å². The highest BCUT2D eigenvalue weighted by Gasteiger charge is 2.24. The Balaban J connectivity index is 1.43. The van der Waals surface area contributed by atoms with Crippen LogP contribution in [0.1, 0.15) is 42.9 Å². The van der Waals surface area contributed by atoms with Gasteiger partial charge in [0.2, 0.25) is 5.91 Å². The third-order valence-corrected chi connectivity index (χ3v) is 5.03. The Morgan fingerprint density at radius 2 is 2.22 bits per heavy atom. The molecule has 3 N–H and O–H groups in total. The molecule has 0 fully saturated rings. The molecule has 3 heterocycles. The lowest BCUT2D eigenvalue weighted by Gasteiger charge is -2.26. The SMILES string of the molecule is CCNC(=NCc1nnc2n1CCC2)NCC1CC(=O)Nc2ccccc21. The van der Waals surface area contributed by atoms with Crippen molar-refractivity contribution in [2.75, 3.05) is 18.4 Å². The van der Waals surface area contributed by atoms with Crippen LogP contribution >= 0.6 is 0 Å². The van der Waals surface area contributed by atoms with Gasteiger partial charge in [0.15, 0.2) is 11.8 Å². The Bertz CT molecular complexity index is 857. The number of guanidine groups is 1. The van der Waals surface area contributed by atoms with Crippen molar-refractivity contribution in [2.45, 2.75) is 45.2 Å². The number of nitrogens with zero attached hydrogens (tertiary/aromatic N) is 4. The number of carbonyl (C=O) groups is 1. The number of rotatable bonds is 5. The van der Waals surface area contributed by atoms with Crippen LogP contribution in [0.4, 0.5) is 5.69 Å². The molecule has 2 aliphatic rings. The van der Waals surface area contributed by atoms with E-state index in [0.29, 0.717) is 19.5 Å². The summed E-state index contributed by atoms with van der Waals surface area (Å²) in [6, 6.07) is 7.97. The van der Waals surface area contributed by atoms with Crippen molar-refractivity contribution < 1.29 is 4.79 Å². The van der Waals surface area contributed by atoms with Crippen LogP contribution in [-0.2, 0) is 24.3 Å². The Labute approximate surface area is 158 Å². The van der Waals surface area contributed by atoms with Gasteiger partial charge in [-0.15, -0.1) is 10.2 Å². The maximum Gasteiger partial charge on any atom is 0.225 e. The van der Waals surface area contributed by atoms with Gasteiger partial charge in [-0.25, -0.2) is 4.99 Å². The predicted molar refractivity (Wildman–Crippen MR) is 104 cm³/mol. The Morgan fingerprint density at radius 3 is 3.11 bits per heavy atom. The van der Waals surface area contributed by atoms with Crippen LogP contribution in [0.15, 0.2) is 29.3 Å². The molecule has 27 heavy (non-hydrogen) atoms. The summed E-state index contributed by atoms with van der Waals surface area (Å²) in [7, 11) is 0. The number of benzene rings is 1. The van der Waals surface area contributed by atoms with E-state index >= 15 is 0 Å². The standard InChI is InChI=1S/C19H25N7O/c1-2-20-19(22-12-17-25-24-16-8-5-9-26(16)17)21-11-13-10-18(27)23-15-7-4-3-6-14(13)15/h3-4,6-7,13H,2,5,8-12H2,1H3,(H,23,27)(H2,20,21,22). The largest absolute Gasteiger partial charge is 0.357 e. The van der Waals surface area contributed by atoms with Crippen LogP contribution < -0.4 is 16.0 Å². The van der Waals surface area contributed by atoms with Crippen molar-refractivity contribution in [2.24, 2.45) is 4.99 Å². The molecule has 0 saturated carbocycles. The highest BCUT2D eigenvalue weighted by Crippen LogP contribution is 2.31. The molecular weight excluding hydrogens is 342 g/mol. The van der Waals surface area contributed by atoms with Crippen molar-refractivity contribution in [1.82, 2.24) is 25.4 Å². The van der Waals surface area contributed by atoms with Gasteiger partial charge in [-0.2, -0.15) is 0 Å². The minimum absolute atomic E-state index is 0.0569. The summed E-state index contributed by atoms with van der Waals surface area (Å²) in [4.78, 5) is 16.7. The van der Waals surface area contributed by atoms with Crippen molar-refractivity contribution in [3.63, 3.8) is 0 Å². The topological polar surface area (TPSA) is 96.2 Å².